The molecule has 2 saturated heterocycles. The zero-order valence-electron chi connectivity index (χ0n) is 15.5. The maximum absolute atomic E-state index is 2.75. The molecule has 0 radical (unpaired) electrons. The summed E-state index contributed by atoms with van der Waals surface area (Å²) in [6, 6.07) is 0. The summed E-state index contributed by atoms with van der Waals surface area (Å²) in [5.41, 5.74) is 0. The molecule has 2 heterocycles. The van der Waals surface area contributed by atoms with Crippen molar-refractivity contribution in [3.8, 4) is 0 Å². The molecule has 0 aromatic carbocycles. The lowest BCUT2D eigenvalue weighted by Gasteiger charge is -2.37. The van der Waals surface area contributed by atoms with Crippen LogP contribution in [0.4, 0.5) is 0 Å². The molecule has 130 valence electrons. The van der Waals surface area contributed by atoms with E-state index < -0.39 is 0 Å². The lowest BCUT2D eigenvalue weighted by molar-refractivity contribution is 0.122. The van der Waals surface area contributed by atoms with Gasteiger partial charge in [-0.3, -0.25) is 0 Å². The number of hydrogen-bond acceptors (Lipinski definition) is 2. The number of rotatable bonds is 8. The van der Waals surface area contributed by atoms with Crippen molar-refractivity contribution in [3.63, 3.8) is 0 Å². The van der Waals surface area contributed by atoms with Gasteiger partial charge in [-0.15, -0.1) is 0 Å². The number of hydrogen-bond donors (Lipinski definition) is 0. The minimum Gasteiger partial charge on any atom is -0.303 e. The summed E-state index contributed by atoms with van der Waals surface area (Å²) < 4.78 is 0. The van der Waals surface area contributed by atoms with E-state index in [-0.39, 0.29) is 0 Å². The van der Waals surface area contributed by atoms with Gasteiger partial charge in [0.2, 0.25) is 0 Å². The van der Waals surface area contributed by atoms with Gasteiger partial charge in [-0.1, -0.05) is 33.6 Å². The van der Waals surface area contributed by atoms with Gasteiger partial charge < -0.3 is 9.80 Å². The molecule has 0 spiro atoms. The topological polar surface area (TPSA) is 6.48 Å². The molecular weight excluding hydrogens is 268 g/mol. The smallest absolute Gasteiger partial charge is 0.000946 e. The number of piperidine rings is 2. The third-order valence-corrected chi connectivity index (χ3v) is 6.29. The monoisotopic (exact) mass is 308 g/mol. The van der Waals surface area contributed by atoms with Crippen LogP contribution in [0, 0.1) is 17.8 Å². The van der Waals surface area contributed by atoms with E-state index in [2.05, 4.69) is 30.6 Å². The molecule has 22 heavy (non-hydrogen) atoms. The van der Waals surface area contributed by atoms with Gasteiger partial charge in [0.25, 0.3) is 0 Å². The molecule has 2 heteroatoms. The average molecular weight is 309 g/mol. The van der Waals surface area contributed by atoms with E-state index in [4.69, 9.17) is 0 Å². The van der Waals surface area contributed by atoms with Crippen molar-refractivity contribution in [2.45, 2.75) is 72.1 Å². The highest BCUT2D eigenvalue weighted by molar-refractivity contribution is 4.79. The fourth-order valence-electron chi connectivity index (χ4n) is 4.55. The molecule has 2 aliphatic rings. The molecule has 0 unspecified atom stereocenters. The summed E-state index contributed by atoms with van der Waals surface area (Å²) in [7, 11) is 0. The van der Waals surface area contributed by atoms with E-state index >= 15 is 0 Å². The molecule has 2 fully saturated rings. The standard InChI is InChI=1S/C20H40N2/c1-4-11-21-12-7-19(8-13-21)16-20-9-14-22(15-10-20)17-18(5-2)6-3/h18-20H,4-17H2,1-3H3. The molecule has 0 saturated carbocycles. The van der Waals surface area contributed by atoms with Gasteiger partial charge in [-0.25, -0.2) is 0 Å². The Labute approximate surface area is 139 Å². The second-order valence-corrected chi connectivity index (χ2v) is 7.95. The SMILES string of the molecule is CCCN1CCC(CC2CCN(CC(CC)CC)CC2)CC1. The van der Waals surface area contributed by atoms with Crippen molar-refractivity contribution >= 4 is 0 Å². The van der Waals surface area contributed by atoms with Crippen molar-refractivity contribution in [3.05, 3.63) is 0 Å². The molecule has 0 aliphatic carbocycles. The maximum Gasteiger partial charge on any atom is 0.000946 e. The Morgan fingerprint density at radius 1 is 0.773 bits per heavy atom. The largest absolute Gasteiger partial charge is 0.303 e. The Morgan fingerprint density at radius 2 is 1.27 bits per heavy atom. The lowest BCUT2D eigenvalue weighted by Crippen LogP contribution is -2.38. The van der Waals surface area contributed by atoms with Crippen molar-refractivity contribution in [1.29, 1.82) is 0 Å². The first kappa shape index (κ1) is 18.3. The van der Waals surface area contributed by atoms with Gasteiger partial charge in [0, 0.05) is 6.54 Å². The van der Waals surface area contributed by atoms with E-state index in [9.17, 15) is 0 Å². The van der Waals surface area contributed by atoms with Crippen LogP contribution in [0.1, 0.15) is 72.1 Å². The van der Waals surface area contributed by atoms with E-state index in [1.807, 2.05) is 0 Å². The Hall–Kier alpha value is -0.0800. The fourth-order valence-corrected chi connectivity index (χ4v) is 4.55. The molecule has 0 bridgehead atoms. The van der Waals surface area contributed by atoms with E-state index in [0.29, 0.717) is 0 Å². The van der Waals surface area contributed by atoms with E-state index in [1.165, 1.54) is 90.6 Å². The zero-order valence-corrected chi connectivity index (χ0v) is 15.5. The van der Waals surface area contributed by atoms with Crippen LogP contribution in [0.25, 0.3) is 0 Å². The molecule has 2 nitrogen and oxygen atoms in total. The minimum absolute atomic E-state index is 0.930. The van der Waals surface area contributed by atoms with Crippen molar-refractivity contribution < 1.29 is 0 Å². The first-order valence-corrected chi connectivity index (χ1v) is 10.2. The second-order valence-electron chi connectivity index (χ2n) is 7.95. The molecule has 2 rings (SSSR count). The molecular formula is C20H40N2. The lowest BCUT2D eigenvalue weighted by atomic mass is 9.82. The first-order chi connectivity index (χ1) is 10.7. The molecule has 2 aliphatic heterocycles. The van der Waals surface area contributed by atoms with Crippen LogP contribution >= 0.6 is 0 Å². The third-order valence-electron chi connectivity index (χ3n) is 6.29. The molecule has 0 amide bonds. The highest BCUT2D eigenvalue weighted by atomic mass is 15.1. The quantitative estimate of drug-likeness (QED) is 0.644. The van der Waals surface area contributed by atoms with Crippen LogP contribution in [0.2, 0.25) is 0 Å². The van der Waals surface area contributed by atoms with Crippen LogP contribution in [-0.2, 0) is 0 Å². The summed E-state index contributed by atoms with van der Waals surface area (Å²) >= 11 is 0. The van der Waals surface area contributed by atoms with Gasteiger partial charge in [-0.05, 0) is 89.0 Å². The van der Waals surface area contributed by atoms with Gasteiger partial charge in [0.1, 0.15) is 0 Å². The van der Waals surface area contributed by atoms with Gasteiger partial charge in [0.15, 0.2) is 0 Å². The third kappa shape index (κ3) is 5.85. The normalized spacial score (nSPS) is 23.5. The van der Waals surface area contributed by atoms with Crippen molar-refractivity contribution in [2.75, 3.05) is 39.3 Å². The summed E-state index contributed by atoms with van der Waals surface area (Å²) in [6.07, 6.45) is 11.4. The van der Waals surface area contributed by atoms with Crippen molar-refractivity contribution in [1.82, 2.24) is 9.80 Å². The molecule has 0 aromatic heterocycles. The summed E-state index contributed by atoms with van der Waals surface area (Å²) in [5, 5.41) is 0. The fraction of sp³-hybridized carbons (Fsp3) is 1.00. The van der Waals surface area contributed by atoms with Crippen LogP contribution in [-0.4, -0.2) is 49.1 Å². The average Bonchev–Trinajstić information content (AvgIpc) is 2.56. The maximum atomic E-state index is 2.75. The van der Waals surface area contributed by atoms with Gasteiger partial charge in [-0.2, -0.15) is 0 Å². The van der Waals surface area contributed by atoms with Crippen LogP contribution in [0.5, 0.6) is 0 Å². The Kier molecular flexibility index (Phi) is 8.24. The Morgan fingerprint density at radius 3 is 1.73 bits per heavy atom. The van der Waals surface area contributed by atoms with E-state index in [0.717, 1.165) is 17.8 Å². The number of likely N-dealkylation sites (tertiary alicyclic amines) is 2. The second kappa shape index (κ2) is 9.93. The highest BCUT2D eigenvalue weighted by Gasteiger charge is 2.25. The first-order valence-electron chi connectivity index (χ1n) is 10.2. The van der Waals surface area contributed by atoms with Crippen LogP contribution < -0.4 is 0 Å². The van der Waals surface area contributed by atoms with Crippen molar-refractivity contribution in [2.24, 2.45) is 17.8 Å². The molecule has 0 atom stereocenters. The predicted molar refractivity (Wildman–Crippen MR) is 97.3 cm³/mol. The Bertz CT molecular complexity index is 271. The summed E-state index contributed by atoms with van der Waals surface area (Å²) in [5.74, 6) is 2.99. The van der Waals surface area contributed by atoms with Crippen LogP contribution in [0.3, 0.4) is 0 Å². The van der Waals surface area contributed by atoms with Crippen LogP contribution in [0.15, 0.2) is 0 Å². The van der Waals surface area contributed by atoms with Gasteiger partial charge in [0.05, 0.1) is 0 Å². The summed E-state index contributed by atoms with van der Waals surface area (Å²) in [6.45, 7) is 15.2. The summed E-state index contributed by atoms with van der Waals surface area (Å²) in [4.78, 5) is 5.42. The van der Waals surface area contributed by atoms with Gasteiger partial charge >= 0.3 is 0 Å². The number of nitrogens with zero attached hydrogens (tertiary/aromatic N) is 2. The predicted octanol–water partition coefficient (Wildman–Crippen LogP) is 4.65. The zero-order chi connectivity index (χ0) is 15.8. The van der Waals surface area contributed by atoms with E-state index in [1.54, 1.807) is 0 Å². The Balaban J connectivity index is 1.61. The highest BCUT2D eigenvalue weighted by Crippen LogP contribution is 2.30. The minimum atomic E-state index is 0.930. The molecule has 0 aromatic rings. The molecule has 0 N–H and O–H groups in total.